The van der Waals surface area contributed by atoms with Crippen LogP contribution in [-0.4, -0.2) is 19.0 Å². The fourth-order valence-electron chi connectivity index (χ4n) is 1.99. The van der Waals surface area contributed by atoms with E-state index in [2.05, 4.69) is 22.8 Å². The smallest absolute Gasteiger partial charge is 0.230 e. The van der Waals surface area contributed by atoms with Crippen molar-refractivity contribution in [2.75, 3.05) is 13.1 Å². The first-order valence-corrected chi connectivity index (χ1v) is 6.90. The van der Waals surface area contributed by atoms with Crippen molar-refractivity contribution in [3.63, 3.8) is 0 Å². The molecule has 4 heteroatoms. The molecule has 1 heterocycles. The van der Waals surface area contributed by atoms with Crippen LogP contribution >= 0.6 is 11.3 Å². The maximum atomic E-state index is 12.2. The molecule has 0 bridgehead atoms. The lowest BCUT2D eigenvalue weighted by molar-refractivity contribution is -0.125. The summed E-state index contributed by atoms with van der Waals surface area (Å²) in [5.41, 5.74) is 5.96. The molecule has 96 valence electrons. The van der Waals surface area contributed by atoms with Crippen LogP contribution in [0.15, 0.2) is 29.6 Å². The Labute approximate surface area is 111 Å². The van der Waals surface area contributed by atoms with Gasteiger partial charge >= 0.3 is 0 Å². The van der Waals surface area contributed by atoms with Crippen molar-refractivity contribution < 1.29 is 4.79 Å². The van der Waals surface area contributed by atoms with Crippen LogP contribution in [0.4, 0.5) is 0 Å². The van der Waals surface area contributed by atoms with Crippen molar-refractivity contribution in [3.8, 4) is 0 Å². The molecule has 1 aromatic carbocycles. The summed E-state index contributed by atoms with van der Waals surface area (Å²) in [6.45, 7) is 4.89. The SMILES string of the molecule is CC(C)(C(=O)NCCN)c1csc2ccccc12. The van der Waals surface area contributed by atoms with Crippen LogP contribution in [0.3, 0.4) is 0 Å². The van der Waals surface area contributed by atoms with Gasteiger partial charge in [0.1, 0.15) is 0 Å². The van der Waals surface area contributed by atoms with E-state index in [1.54, 1.807) is 11.3 Å². The first-order valence-electron chi connectivity index (χ1n) is 6.02. The Morgan fingerprint density at radius 1 is 1.39 bits per heavy atom. The quantitative estimate of drug-likeness (QED) is 0.888. The fourth-order valence-corrected chi connectivity index (χ4v) is 3.12. The number of carbonyl (C=O) groups excluding carboxylic acids is 1. The third-order valence-corrected chi connectivity index (χ3v) is 4.12. The fraction of sp³-hybridized carbons (Fsp3) is 0.357. The number of carbonyl (C=O) groups is 1. The molecule has 2 aromatic rings. The average molecular weight is 262 g/mol. The first-order chi connectivity index (χ1) is 8.57. The van der Waals surface area contributed by atoms with Crippen molar-refractivity contribution in [2.45, 2.75) is 19.3 Å². The highest BCUT2D eigenvalue weighted by atomic mass is 32.1. The number of benzene rings is 1. The van der Waals surface area contributed by atoms with Crippen LogP contribution in [0.25, 0.3) is 10.1 Å². The van der Waals surface area contributed by atoms with E-state index in [9.17, 15) is 4.79 Å². The Morgan fingerprint density at radius 2 is 2.11 bits per heavy atom. The molecule has 2 rings (SSSR count). The predicted octanol–water partition coefficient (Wildman–Crippen LogP) is 2.25. The summed E-state index contributed by atoms with van der Waals surface area (Å²) in [7, 11) is 0. The van der Waals surface area contributed by atoms with Gasteiger partial charge in [-0.15, -0.1) is 11.3 Å². The minimum atomic E-state index is -0.533. The Morgan fingerprint density at radius 3 is 2.83 bits per heavy atom. The van der Waals surface area contributed by atoms with Gasteiger partial charge in [0.25, 0.3) is 0 Å². The molecule has 18 heavy (non-hydrogen) atoms. The second-order valence-corrected chi connectivity index (χ2v) is 5.73. The molecule has 3 nitrogen and oxygen atoms in total. The zero-order chi connectivity index (χ0) is 13.2. The molecule has 0 aliphatic carbocycles. The minimum Gasteiger partial charge on any atom is -0.354 e. The van der Waals surface area contributed by atoms with E-state index in [1.807, 2.05) is 26.0 Å². The van der Waals surface area contributed by atoms with Gasteiger partial charge in [-0.2, -0.15) is 0 Å². The molecule has 0 unspecified atom stereocenters. The van der Waals surface area contributed by atoms with Crippen LogP contribution in [0.5, 0.6) is 0 Å². The van der Waals surface area contributed by atoms with Crippen molar-refractivity contribution in [2.24, 2.45) is 5.73 Å². The van der Waals surface area contributed by atoms with E-state index in [0.717, 1.165) is 10.9 Å². The summed E-state index contributed by atoms with van der Waals surface area (Å²) >= 11 is 1.68. The standard InChI is InChI=1S/C14H18N2OS/c1-14(2,13(17)16-8-7-15)11-9-18-12-6-4-3-5-10(11)12/h3-6,9H,7-8,15H2,1-2H3,(H,16,17). The van der Waals surface area contributed by atoms with Crippen molar-refractivity contribution in [1.29, 1.82) is 0 Å². The normalized spacial score (nSPS) is 11.7. The van der Waals surface area contributed by atoms with E-state index in [4.69, 9.17) is 5.73 Å². The zero-order valence-electron chi connectivity index (χ0n) is 10.7. The van der Waals surface area contributed by atoms with Crippen LogP contribution in [0.1, 0.15) is 19.4 Å². The van der Waals surface area contributed by atoms with E-state index in [1.165, 1.54) is 4.70 Å². The monoisotopic (exact) mass is 262 g/mol. The number of nitrogens with two attached hydrogens (primary N) is 1. The topological polar surface area (TPSA) is 55.1 Å². The van der Waals surface area contributed by atoms with Crippen molar-refractivity contribution in [1.82, 2.24) is 5.32 Å². The van der Waals surface area contributed by atoms with Gasteiger partial charge in [-0.25, -0.2) is 0 Å². The average Bonchev–Trinajstić information content (AvgIpc) is 2.80. The summed E-state index contributed by atoms with van der Waals surface area (Å²) in [5.74, 6) is 0.0245. The van der Waals surface area contributed by atoms with Gasteiger partial charge in [-0.05, 0) is 36.2 Å². The van der Waals surface area contributed by atoms with Crippen LogP contribution in [-0.2, 0) is 10.2 Å². The minimum absolute atomic E-state index is 0.0245. The van der Waals surface area contributed by atoms with Gasteiger partial charge in [0.2, 0.25) is 5.91 Å². The van der Waals surface area contributed by atoms with Crippen LogP contribution in [0, 0.1) is 0 Å². The lowest BCUT2D eigenvalue weighted by atomic mass is 9.83. The highest BCUT2D eigenvalue weighted by Gasteiger charge is 2.31. The molecule has 0 radical (unpaired) electrons. The molecule has 3 N–H and O–H groups in total. The van der Waals surface area contributed by atoms with Gasteiger partial charge < -0.3 is 11.1 Å². The largest absolute Gasteiger partial charge is 0.354 e. The molecule has 0 fully saturated rings. The van der Waals surface area contributed by atoms with E-state index >= 15 is 0 Å². The Kier molecular flexibility index (Phi) is 3.68. The number of rotatable bonds is 4. The first kappa shape index (κ1) is 13.1. The van der Waals surface area contributed by atoms with E-state index in [-0.39, 0.29) is 5.91 Å². The number of thiophene rings is 1. The lowest BCUT2D eigenvalue weighted by Crippen LogP contribution is -2.41. The van der Waals surface area contributed by atoms with E-state index < -0.39 is 5.41 Å². The Balaban J connectivity index is 2.37. The van der Waals surface area contributed by atoms with Crippen LogP contribution < -0.4 is 11.1 Å². The van der Waals surface area contributed by atoms with Gasteiger partial charge in [-0.1, -0.05) is 18.2 Å². The summed E-state index contributed by atoms with van der Waals surface area (Å²) in [4.78, 5) is 12.2. The number of hydrogen-bond donors (Lipinski definition) is 2. The summed E-state index contributed by atoms with van der Waals surface area (Å²) < 4.78 is 1.21. The Hall–Kier alpha value is -1.39. The Bertz CT molecular complexity index is 560. The number of amides is 1. The second-order valence-electron chi connectivity index (χ2n) is 4.82. The molecule has 0 aliphatic heterocycles. The van der Waals surface area contributed by atoms with Gasteiger partial charge in [0.05, 0.1) is 5.41 Å². The number of hydrogen-bond acceptors (Lipinski definition) is 3. The zero-order valence-corrected chi connectivity index (χ0v) is 11.5. The summed E-state index contributed by atoms with van der Waals surface area (Å²) in [6, 6.07) is 8.17. The molecular formula is C14H18N2OS. The second kappa shape index (κ2) is 5.08. The highest BCUT2D eigenvalue weighted by molar-refractivity contribution is 7.17. The van der Waals surface area contributed by atoms with Crippen LogP contribution in [0.2, 0.25) is 0 Å². The molecular weight excluding hydrogens is 244 g/mol. The number of fused-ring (bicyclic) bond motifs is 1. The number of nitrogens with one attached hydrogen (secondary N) is 1. The third-order valence-electron chi connectivity index (χ3n) is 3.15. The molecule has 0 saturated carbocycles. The molecule has 1 amide bonds. The third kappa shape index (κ3) is 2.26. The van der Waals surface area contributed by atoms with Gasteiger partial charge in [0.15, 0.2) is 0 Å². The molecule has 0 atom stereocenters. The van der Waals surface area contributed by atoms with Crippen molar-refractivity contribution >= 4 is 27.3 Å². The van der Waals surface area contributed by atoms with Gasteiger partial charge in [-0.3, -0.25) is 4.79 Å². The maximum absolute atomic E-state index is 12.2. The predicted molar refractivity (Wildman–Crippen MR) is 76.9 cm³/mol. The lowest BCUT2D eigenvalue weighted by Gasteiger charge is -2.23. The van der Waals surface area contributed by atoms with E-state index in [0.29, 0.717) is 13.1 Å². The molecule has 1 aromatic heterocycles. The maximum Gasteiger partial charge on any atom is 0.230 e. The molecule has 0 aliphatic rings. The summed E-state index contributed by atoms with van der Waals surface area (Å²) in [5, 5.41) is 6.10. The molecule has 0 saturated heterocycles. The van der Waals surface area contributed by atoms with Gasteiger partial charge in [0, 0.05) is 17.8 Å². The molecule has 0 spiro atoms. The highest BCUT2D eigenvalue weighted by Crippen LogP contribution is 2.34. The summed E-state index contributed by atoms with van der Waals surface area (Å²) in [6.07, 6.45) is 0. The van der Waals surface area contributed by atoms with Crippen molar-refractivity contribution in [3.05, 3.63) is 35.2 Å².